The summed E-state index contributed by atoms with van der Waals surface area (Å²) in [6.45, 7) is 49.1. The van der Waals surface area contributed by atoms with Crippen LogP contribution in [-0.4, -0.2) is 69.7 Å². The number of thioether (sulfide) groups is 1. The molecular formula is C37H74O5SSi4. The zero-order valence-electron chi connectivity index (χ0n) is 34.4. The Balaban J connectivity index is 2.86. The molecule has 0 unspecified atom stereocenters. The fourth-order valence-electron chi connectivity index (χ4n) is 4.32. The molecule has 274 valence electrons. The first-order valence-corrected chi connectivity index (χ1v) is 30.3. The van der Waals surface area contributed by atoms with E-state index in [9.17, 15) is 0 Å². The quantitative estimate of drug-likeness (QED) is 0.210. The van der Waals surface area contributed by atoms with Crippen molar-refractivity contribution in [2.45, 2.75) is 197 Å². The van der Waals surface area contributed by atoms with Crippen LogP contribution in [0.25, 0.3) is 0 Å². The van der Waals surface area contributed by atoms with Gasteiger partial charge in [-0.25, -0.2) is 0 Å². The summed E-state index contributed by atoms with van der Waals surface area (Å²) in [6, 6.07) is 8.77. The lowest BCUT2D eigenvalue weighted by molar-refractivity contribution is -0.191. The molecule has 1 saturated heterocycles. The first kappa shape index (κ1) is 43.4. The average molecular weight is 743 g/mol. The van der Waals surface area contributed by atoms with Gasteiger partial charge in [-0.15, -0.1) is 0 Å². The first-order chi connectivity index (χ1) is 20.7. The normalized spacial score (nSPS) is 24.5. The van der Waals surface area contributed by atoms with Crippen LogP contribution in [0.5, 0.6) is 0 Å². The third kappa shape index (κ3) is 10.9. The van der Waals surface area contributed by atoms with Gasteiger partial charge in [0.2, 0.25) is 0 Å². The predicted octanol–water partition coefficient (Wildman–Crippen LogP) is 12.0. The van der Waals surface area contributed by atoms with Gasteiger partial charge in [0.1, 0.15) is 29.9 Å². The van der Waals surface area contributed by atoms with Crippen molar-refractivity contribution in [3.8, 4) is 0 Å². The maximum Gasteiger partial charge on any atom is 0.192 e. The van der Waals surface area contributed by atoms with Crippen LogP contribution >= 0.6 is 11.8 Å². The topological polar surface area (TPSA) is 46.2 Å². The molecule has 47 heavy (non-hydrogen) atoms. The highest BCUT2D eigenvalue weighted by molar-refractivity contribution is 7.99. The van der Waals surface area contributed by atoms with E-state index in [4.69, 9.17) is 22.4 Å². The fraction of sp³-hybridized carbons (Fsp3) is 0.838. The SMILES string of the molecule is Cc1ccc(S[C@@H]2O[C@H](CO[Si](C)(C)C(C)(C)C)[C@@H](O[Si](C)(C)C(C)(C)C)[C@H](O[Si](C)(C)C(C)(C)C)[C@H]2O[Si](C)(C)C(C)(C)C)cc1. The number of ether oxygens (including phenoxy) is 1. The second-order valence-corrected chi connectivity index (χ2v) is 40.3. The highest BCUT2D eigenvalue weighted by atomic mass is 32.2. The van der Waals surface area contributed by atoms with Gasteiger partial charge in [0, 0.05) is 4.90 Å². The van der Waals surface area contributed by atoms with Crippen molar-refractivity contribution in [1.29, 1.82) is 0 Å². The number of aryl methyl sites for hydroxylation is 1. The molecule has 0 amide bonds. The van der Waals surface area contributed by atoms with E-state index in [-0.39, 0.29) is 50.0 Å². The molecule has 1 aromatic rings. The van der Waals surface area contributed by atoms with Gasteiger partial charge in [-0.2, -0.15) is 0 Å². The van der Waals surface area contributed by atoms with Crippen molar-refractivity contribution in [2.75, 3.05) is 6.61 Å². The molecular weight excluding hydrogens is 669 g/mol. The van der Waals surface area contributed by atoms with Crippen molar-refractivity contribution in [1.82, 2.24) is 0 Å². The van der Waals surface area contributed by atoms with Crippen molar-refractivity contribution < 1.29 is 22.4 Å². The van der Waals surface area contributed by atoms with E-state index < -0.39 is 33.3 Å². The molecule has 0 aromatic heterocycles. The Kier molecular flexibility index (Phi) is 13.6. The second-order valence-electron chi connectivity index (χ2n) is 20.1. The van der Waals surface area contributed by atoms with Crippen LogP contribution in [0, 0.1) is 6.92 Å². The Morgan fingerprint density at radius 3 is 1.30 bits per heavy atom. The standard InChI is InChI=1S/C37H74O5SSi4/c1-27-22-24-28(25-23-27)43-33-32(42-47(20,21)37(11,12)13)31(41-46(18,19)36(8,9)10)30(40-45(16,17)35(5,6)7)29(39-33)26-38-44(14,15)34(2,3)4/h22-25,29-33H,26H2,1-21H3/t29-,30-,31+,32-,33+/m1/s1. The molecule has 0 saturated carbocycles. The van der Waals surface area contributed by atoms with E-state index in [0.717, 1.165) is 0 Å². The third-order valence-corrected chi connectivity index (χ3v) is 31.1. The average Bonchev–Trinajstić information content (AvgIpc) is 2.84. The molecule has 1 aromatic carbocycles. The van der Waals surface area contributed by atoms with Crippen LogP contribution in [0.3, 0.4) is 0 Å². The highest BCUT2D eigenvalue weighted by Gasteiger charge is 2.57. The number of hydrogen-bond donors (Lipinski definition) is 0. The van der Waals surface area contributed by atoms with Crippen LogP contribution in [0.15, 0.2) is 29.2 Å². The molecule has 0 spiro atoms. The summed E-state index contributed by atoms with van der Waals surface area (Å²) in [5.41, 5.74) is 0.962. The molecule has 1 heterocycles. The zero-order chi connectivity index (χ0) is 36.8. The molecule has 1 fully saturated rings. The fourth-order valence-corrected chi connectivity index (χ4v) is 10.4. The van der Waals surface area contributed by atoms with Gasteiger partial charge >= 0.3 is 0 Å². The highest BCUT2D eigenvalue weighted by Crippen LogP contribution is 2.48. The monoisotopic (exact) mass is 742 g/mol. The summed E-state index contributed by atoms with van der Waals surface area (Å²) in [4.78, 5) is 1.17. The van der Waals surface area contributed by atoms with Gasteiger partial charge in [0.25, 0.3) is 0 Å². The minimum Gasteiger partial charge on any atom is -0.414 e. The van der Waals surface area contributed by atoms with Crippen LogP contribution in [0.1, 0.15) is 88.6 Å². The van der Waals surface area contributed by atoms with E-state index in [1.54, 1.807) is 11.8 Å². The molecule has 2 rings (SSSR count). The van der Waals surface area contributed by atoms with Crippen LogP contribution in [0.2, 0.25) is 72.5 Å². The lowest BCUT2D eigenvalue weighted by Gasteiger charge is -2.55. The molecule has 5 atom stereocenters. The van der Waals surface area contributed by atoms with E-state index in [2.05, 4.69) is 167 Å². The lowest BCUT2D eigenvalue weighted by atomic mass is 10.0. The van der Waals surface area contributed by atoms with Gasteiger partial charge in [-0.3, -0.25) is 0 Å². The maximum absolute atomic E-state index is 7.60. The molecule has 5 nitrogen and oxygen atoms in total. The summed E-state index contributed by atoms with van der Waals surface area (Å²) in [5.74, 6) is 0. The molecule has 0 radical (unpaired) electrons. The minimum absolute atomic E-state index is 0.0150. The van der Waals surface area contributed by atoms with Gasteiger partial charge < -0.3 is 22.4 Å². The van der Waals surface area contributed by atoms with Crippen LogP contribution in [-0.2, 0) is 22.4 Å². The summed E-state index contributed by atoms with van der Waals surface area (Å²) in [7, 11) is -8.92. The van der Waals surface area contributed by atoms with Crippen LogP contribution < -0.4 is 0 Å². The Hall–Kier alpha value is 0.238. The molecule has 1 aliphatic rings. The van der Waals surface area contributed by atoms with Gasteiger partial charge in [-0.1, -0.05) is 113 Å². The van der Waals surface area contributed by atoms with E-state index in [1.165, 1.54) is 10.5 Å². The zero-order valence-corrected chi connectivity index (χ0v) is 39.2. The summed E-state index contributed by atoms with van der Waals surface area (Å²) in [6.07, 6.45) is -1.23. The summed E-state index contributed by atoms with van der Waals surface area (Å²) in [5, 5.41) is 0.133. The van der Waals surface area contributed by atoms with Gasteiger partial charge in [0.15, 0.2) is 33.3 Å². The molecule has 10 heteroatoms. The summed E-state index contributed by atoms with van der Waals surface area (Å²) < 4.78 is 36.9. The van der Waals surface area contributed by atoms with Crippen LogP contribution in [0.4, 0.5) is 0 Å². The van der Waals surface area contributed by atoms with Gasteiger partial charge in [-0.05, 0) is 91.6 Å². The molecule has 1 aliphatic heterocycles. The van der Waals surface area contributed by atoms with Gasteiger partial charge in [0.05, 0.1) is 6.61 Å². The number of rotatable bonds is 11. The smallest absolute Gasteiger partial charge is 0.192 e. The summed E-state index contributed by atoms with van der Waals surface area (Å²) >= 11 is 1.76. The van der Waals surface area contributed by atoms with E-state index in [0.29, 0.717) is 6.61 Å². The van der Waals surface area contributed by atoms with Crippen molar-refractivity contribution in [3.05, 3.63) is 29.8 Å². The van der Waals surface area contributed by atoms with Crippen molar-refractivity contribution in [2.24, 2.45) is 0 Å². The third-order valence-electron chi connectivity index (χ3n) is 12.0. The van der Waals surface area contributed by atoms with Crippen molar-refractivity contribution in [3.63, 3.8) is 0 Å². The minimum atomic E-state index is -2.29. The van der Waals surface area contributed by atoms with Crippen molar-refractivity contribution >= 4 is 45.0 Å². The second kappa shape index (κ2) is 14.7. The first-order valence-electron chi connectivity index (χ1n) is 17.8. The molecule has 0 aliphatic carbocycles. The molecule has 0 bridgehead atoms. The number of hydrogen-bond acceptors (Lipinski definition) is 6. The van der Waals surface area contributed by atoms with E-state index in [1.807, 2.05) is 0 Å². The Labute approximate surface area is 299 Å². The Morgan fingerprint density at radius 2 is 0.915 bits per heavy atom. The Bertz CT molecular complexity index is 1160. The predicted molar refractivity (Wildman–Crippen MR) is 215 cm³/mol. The molecule has 0 N–H and O–H groups in total. The lowest BCUT2D eigenvalue weighted by Crippen LogP contribution is -2.67. The maximum atomic E-state index is 7.60. The largest absolute Gasteiger partial charge is 0.414 e. The number of benzene rings is 1. The Morgan fingerprint density at radius 1 is 0.553 bits per heavy atom. The van der Waals surface area contributed by atoms with E-state index >= 15 is 0 Å².